The summed E-state index contributed by atoms with van der Waals surface area (Å²) in [7, 11) is 2.89. The number of unbranched alkanes of at least 4 members (excludes halogenated alkanes) is 2. The lowest BCUT2D eigenvalue weighted by Gasteiger charge is -2.34. The van der Waals surface area contributed by atoms with E-state index in [2.05, 4.69) is 10.2 Å². The number of pyridine rings is 1. The van der Waals surface area contributed by atoms with Crippen molar-refractivity contribution >= 4 is 28.9 Å². The van der Waals surface area contributed by atoms with Gasteiger partial charge in [0.05, 0.1) is 32.9 Å². The van der Waals surface area contributed by atoms with Crippen molar-refractivity contribution in [2.45, 2.75) is 110 Å². The van der Waals surface area contributed by atoms with E-state index in [9.17, 15) is 19.5 Å². The van der Waals surface area contributed by atoms with E-state index in [0.29, 0.717) is 30.2 Å². The highest BCUT2D eigenvalue weighted by Crippen LogP contribution is 2.41. The molecule has 1 aromatic heterocycles. The quantitative estimate of drug-likeness (QED) is 0.154. The Kier molecular flexibility index (Phi) is 12.7. The van der Waals surface area contributed by atoms with Crippen LogP contribution in [0.1, 0.15) is 90.5 Å². The van der Waals surface area contributed by atoms with Gasteiger partial charge in [-0.05, 0) is 68.7 Å². The maximum atomic E-state index is 13.9. The first kappa shape index (κ1) is 37.5. The van der Waals surface area contributed by atoms with E-state index in [4.69, 9.17) is 23.9 Å². The average Bonchev–Trinajstić information content (AvgIpc) is 3.57. The molecule has 12 nitrogen and oxygen atoms in total. The Morgan fingerprint density at radius 1 is 1.06 bits per heavy atom. The van der Waals surface area contributed by atoms with Gasteiger partial charge in [0.25, 0.3) is 0 Å². The predicted octanol–water partition coefficient (Wildman–Crippen LogP) is 5.82. The number of benzene rings is 1. The molecule has 2 saturated heterocycles. The van der Waals surface area contributed by atoms with Crippen molar-refractivity contribution in [2.24, 2.45) is 11.3 Å². The zero-order chi connectivity index (χ0) is 35.8. The second-order valence-electron chi connectivity index (χ2n) is 15.1. The number of ether oxygens (including phenoxy) is 4. The summed E-state index contributed by atoms with van der Waals surface area (Å²) in [6.45, 7) is 9.19. The molecule has 1 aliphatic carbocycles. The lowest BCUT2D eigenvalue weighted by Crippen LogP contribution is -2.56. The molecule has 1 unspecified atom stereocenters. The van der Waals surface area contributed by atoms with Crippen LogP contribution in [0, 0.1) is 11.3 Å². The zero-order valence-electron chi connectivity index (χ0n) is 30.5. The number of nitrogens with one attached hydrogen (secondary N) is 1. The van der Waals surface area contributed by atoms with Crippen LogP contribution in [0.5, 0.6) is 17.4 Å². The van der Waals surface area contributed by atoms with Gasteiger partial charge in [0.15, 0.2) is 0 Å². The number of esters is 1. The van der Waals surface area contributed by atoms with Crippen LogP contribution >= 0.6 is 0 Å². The Labute approximate surface area is 296 Å². The van der Waals surface area contributed by atoms with Crippen molar-refractivity contribution in [3.63, 3.8) is 0 Å². The molecule has 0 spiro atoms. The van der Waals surface area contributed by atoms with E-state index in [1.807, 2.05) is 18.2 Å². The lowest BCUT2D eigenvalue weighted by molar-refractivity contribution is -0.152. The van der Waals surface area contributed by atoms with Crippen LogP contribution < -0.4 is 19.5 Å². The highest BCUT2D eigenvalue weighted by molar-refractivity contribution is 5.92. The van der Waals surface area contributed by atoms with Crippen molar-refractivity contribution < 1.29 is 38.4 Å². The Morgan fingerprint density at radius 2 is 1.82 bits per heavy atom. The van der Waals surface area contributed by atoms with Crippen molar-refractivity contribution in [1.29, 1.82) is 0 Å². The highest BCUT2D eigenvalue weighted by atomic mass is 16.5. The lowest BCUT2D eigenvalue weighted by atomic mass is 9.85. The first-order valence-electron chi connectivity index (χ1n) is 18.4. The van der Waals surface area contributed by atoms with Gasteiger partial charge in [-0.1, -0.05) is 58.9 Å². The third-order valence-corrected chi connectivity index (χ3v) is 10.2. The van der Waals surface area contributed by atoms with Gasteiger partial charge in [0.2, 0.25) is 11.8 Å². The summed E-state index contributed by atoms with van der Waals surface area (Å²) in [5.41, 5.74) is 0.739. The molecule has 2 aromatic rings. The first-order chi connectivity index (χ1) is 24.0. The highest BCUT2D eigenvalue weighted by Gasteiger charge is 2.46. The molecule has 2 N–H and O–H groups in total. The fraction of sp³-hybridized carbons (Fsp3) is 0.684. The van der Waals surface area contributed by atoms with Crippen LogP contribution in [0.25, 0.3) is 10.9 Å². The molecule has 276 valence electrons. The Morgan fingerprint density at radius 3 is 2.48 bits per heavy atom. The molecule has 1 saturated carbocycles. The largest absolute Gasteiger partial charge is 0.494 e. The van der Waals surface area contributed by atoms with Gasteiger partial charge in [0.1, 0.15) is 35.2 Å². The normalized spacial score (nSPS) is 20.1. The molecular formula is C38H56N4O8. The Balaban J connectivity index is 1.45. The number of carbonyl (C=O) groups excluding carboxylic acids is 2. The summed E-state index contributed by atoms with van der Waals surface area (Å²) in [5.74, 6) is 1.52. The van der Waals surface area contributed by atoms with Crippen LogP contribution in [0.4, 0.5) is 4.79 Å². The number of likely N-dealkylation sites (tertiary alicyclic amines) is 2. The molecule has 3 atom stereocenters. The number of carbonyl (C=O) groups is 3. The van der Waals surface area contributed by atoms with E-state index < -0.39 is 41.6 Å². The average molecular weight is 697 g/mol. The third-order valence-electron chi connectivity index (χ3n) is 10.2. The minimum Gasteiger partial charge on any atom is -0.494 e. The molecule has 3 fully saturated rings. The first-order valence-corrected chi connectivity index (χ1v) is 18.4. The summed E-state index contributed by atoms with van der Waals surface area (Å²) < 4.78 is 24.2. The van der Waals surface area contributed by atoms with E-state index in [1.165, 1.54) is 50.5 Å². The summed E-state index contributed by atoms with van der Waals surface area (Å²) in [6, 6.07) is 3.78. The number of para-hydroxylation sites is 1. The SMILES string of the molecule is COC(=O)[C@@H]1CC(Oc2nc3c(OC)cccc3c(OCCCN3CCCC3)c2CCCCCC2CC2)CN1C(=O)[C@@H](NC(=O)O)C(C)(C)C. The van der Waals surface area contributed by atoms with Gasteiger partial charge in [-0.15, -0.1) is 0 Å². The number of methoxy groups -OCH3 is 2. The minimum absolute atomic E-state index is 0.0605. The maximum absolute atomic E-state index is 13.9. The van der Waals surface area contributed by atoms with Crippen molar-refractivity contribution in [3.8, 4) is 17.4 Å². The number of rotatable bonds is 17. The molecule has 2 amide bonds. The van der Waals surface area contributed by atoms with E-state index >= 15 is 0 Å². The van der Waals surface area contributed by atoms with Crippen molar-refractivity contribution in [1.82, 2.24) is 20.1 Å². The van der Waals surface area contributed by atoms with E-state index in [-0.39, 0.29) is 13.0 Å². The second kappa shape index (κ2) is 16.9. The number of hydrogen-bond acceptors (Lipinski definition) is 9. The molecule has 1 aromatic carbocycles. The van der Waals surface area contributed by atoms with Gasteiger partial charge in [-0.25, -0.2) is 14.6 Å². The summed E-state index contributed by atoms with van der Waals surface area (Å²) in [6.07, 6.45) is 9.50. The molecule has 0 radical (unpaired) electrons. The molecular weight excluding hydrogens is 640 g/mol. The van der Waals surface area contributed by atoms with Gasteiger partial charge >= 0.3 is 12.1 Å². The number of nitrogens with zero attached hydrogens (tertiary/aromatic N) is 3. The smallest absolute Gasteiger partial charge is 0.405 e. The zero-order valence-corrected chi connectivity index (χ0v) is 30.5. The van der Waals surface area contributed by atoms with Gasteiger partial charge in [-0.3, -0.25) is 4.79 Å². The van der Waals surface area contributed by atoms with Crippen molar-refractivity contribution in [3.05, 3.63) is 23.8 Å². The molecule has 50 heavy (non-hydrogen) atoms. The number of amides is 2. The van der Waals surface area contributed by atoms with Crippen LogP contribution in [0.2, 0.25) is 0 Å². The molecule has 3 aliphatic rings. The summed E-state index contributed by atoms with van der Waals surface area (Å²) in [4.78, 5) is 47.5. The molecule has 12 heteroatoms. The van der Waals surface area contributed by atoms with Crippen LogP contribution in [-0.4, -0.2) is 103 Å². The minimum atomic E-state index is -1.32. The number of aromatic nitrogens is 1. The van der Waals surface area contributed by atoms with Crippen LogP contribution in [-0.2, 0) is 20.7 Å². The van der Waals surface area contributed by atoms with Crippen LogP contribution in [0.15, 0.2) is 18.2 Å². The van der Waals surface area contributed by atoms with Gasteiger partial charge in [0, 0.05) is 18.4 Å². The van der Waals surface area contributed by atoms with Crippen molar-refractivity contribution in [2.75, 3.05) is 47.0 Å². The molecule has 0 bridgehead atoms. The number of carboxylic acid groups (broad SMARTS) is 1. The fourth-order valence-corrected chi connectivity index (χ4v) is 7.27. The molecule has 3 heterocycles. The van der Waals surface area contributed by atoms with Gasteiger partial charge in [-0.2, -0.15) is 0 Å². The standard InChI is InChI=1S/C38H56N4O8/c1-38(2,3)33(40-37(45)46)35(43)42-24-26(23-29(42)36(44)48-5)50-34-28(14-8-6-7-13-25-17-18-25)32(49-22-12-21-41-19-9-10-20-41)27-15-11-16-30(47-4)31(27)39-34/h11,15-16,25-26,29,33,40H,6-10,12-14,17-24H2,1-5H3,(H,45,46)/t26?,29-,33+/m0/s1. The van der Waals surface area contributed by atoms with E-state index in [1.54, 1.807) is 27.9 Å². The topological polar surface area (TPSA) is 140 Å². The predicted molar refractivity (Wildman–Crippen MR) is 190 cm³/mol. The monoisotopic (exact) mass is 696 g/mol. The maximum Gasteiger partial charge on any atom is 0.405 e. The summed E-state index contributed by atoms with van der Waals surface area (Å²) >= 11 is 0. The third kappa shape index (κ3) is 9.50. The molecule has 5 rings (SSSR count). The van der Waals surface area contributed by atoms with Gasteiger partial charge < -0.3 is 39.2 Å². The van der Waals surface area contributed by atoms with E-state index in [0.717, 1.165) is 61.5 Å². The number of fused-ring (bicyclic) bond motifs is 1. The second-order valence-corrected chi connectivity index (χ2v) is 15.1. The number of hydrogen-bond donors (Lipinski definition) is 2. The summed E-state index contributed by atoms with van der Waals surface area (Å²) in [5, 5.41) is 12.7. The van der Waals surface area contributed by atoms with Crippen LogP contribution in [0.3, 0.4) is 0 Å². The fourth-order valence-electron chi connectivity index (χ4n) is 7.27. The Bertz CT molecular complexity index is 1480. The molecule has 2 aliphatic heterocycles. The Hall–Kier alpha value is -3.80.